The van der Waals surface area contributed by atoms with Crippen LogP contribution in [0.4, 0.5) is 5.69 Å². The highest BCUT2D eigenvalue weighted by atomic mass is 16.5. The molecule has 0 atom stereocenters. The van der Waals surface area contributed by atoms with Crippen LogP contribution < -0.4 is 5.32 Å². The summed E-state index contributed by atoms with van der Waals surface area (Å²) in [4.78, 5) is 11.5. The summed E-state index contributed by atoms with van der Waals surface area (Å²) in [5, 5.41) is 3.47. The summed E-state index contributed by atoms with van der Waals surface area (Å²) in [6, 6.07) is 18.9. The Bertz CT molecular complexity index is 682. The molecule has 0 saturated carbocycles. The van der Waals surface area contributed by atoms with Gasteiger partial charge in [-0.25, -0.2) is 0 Å². The van der Waals surface area contributed by atoms with Gasteiger partial charge in [0.05, 0.1) is 13.0 Å². The minimum absolute atomic E-state index is 0.162. The van der Waals surface area contributed by atoms with Gasteiger partial charge in [-0.2, -0.15) is 0 Å². The quantitative estimate of drug-likeness (QED) is 0.241. The largest absolute Gasteiger partial charge is 0.466 e. The first-order valence-corrected chi connectivity index (χ1v) is 11.8. The van der Waals surface area contributed by atoms with Crippen molar-refractivity contribution in [3.8, 4) is 0 Å². The fourth-order valence-electron chi connectivity index (χ4n) is 3.69. The van der Waals surface area contributed by atoms with Gasteiger partial charge in [-0.15, -0.1) is 0 Å². The number of aryl methyl sites for hydroxylation is 1. The summed E-state index contributed by atoms with van der Waals surface area (Å²) in [5.41, 5.74) is 3.59. The van der Waals surface area contributed by atoms with E-state index in [2.05, 4.69) is 35.6 Å². The minimum Gasteiger partial charge on any atom is -0.466 e. The lowest BCUT2D eigenvalue weighted by Gasteiger charge is -2.08. The van der Waals surface area contributed by atoms with E-state index < -0.39 is 0 Å². The number of hydrogen-bond donors (Lipinski definition) is 1. The normalized spacial score (nSPS) is 10.7. The van der Waals surface area contributed by atoms with E-state index in [1.165, 1.54) is 69.8 Å². The Balaban J connectivity index is 1.39. The predicted octanol–water partition coefficient (Wildman–Crippen LogP) is 6.96. The Labute approximate surface area is 183 Å². The second-order valence-electron chi connectivity index (χ2n) is 8.02. The van der Waals surface area contributed by atoms with Crippen LogP contribution in [0.5, 0.6) is 0 Å². The first-order chi connectivity index (χ1) is 14.8. The van der Waals surface area contributed by atoms with Gasteiger partial charge in [-0.3, -0.25) is 4.79 Å². The molecule has 0 aliphatic heterocycles. The second-order valence-corrected chi connectivity index (χ2v) is 8.02. The molecule has 30 heavy (non-hydrogen) atoms. The van der Waals surface area contributed by atoms with Crippen LogP contribution in [-0.4, -0.2) is 19.1 Å². The van der Waals surface area contributed by atoms with Crippen molar-refractivity contribution >= 4 is 11.7 Å². The molecule has 3 heteroatoms. The molecule has 0 spiro atoms. The van der Waals surface area contributed by atoms with E-state index in [0.29, 0.717) is 13.0 Å². The lowest BCUT2D eigenvalue weighted by atomic mass is 10.0. The summed E-state index contributed by atoms with van der Waals surface area (Å²) < 4.78 is 4.98. The van der Waals surface area contributed by atoms with Crippen LogP contribution in [0.25, 0.3) is 0 Å². The molecule has 0 radical (unpaired) electrons. The van der Waals surface area contributed by atoms with E-state index in [9.17, 15) is 4.79 Å². The summed E-state index contributed by atoms with van der Waals surface area (Å²) >= 11 is 0. The van der Waals surface area contributed by atoms with Gasteiger partial charge in [-0.05, 0) is 49.4 Å². The molecule has 0 bridgehead atoms. The summed E-state index contributed by atoms with van der Waals surface area (Å²) in [6.07, 6.45) is 13.6. The molecule has 0 saturated heterocycles. The Morgan fingerprint density at radius 2 is 1.33 bits per heavy atom. The van der Waals surface area contributed by atoms with E-state index in [0.717, 1.165) is 17.8 Å². The zero-order valence-electron chi connectivity index (χ0n) is 18.7. The van der Waals surface area contributed by atoms with E-state index in [1.807, 2.05) is 31.2 Å². The van der Waals surface area contributed by atoms with Crippen molar-refractivity contribution in [1.82, 2.24) is 0 Å². The van der Waals surface area contributed by atoms with Gasteiger partial charge >= 0.3 is 5.97 Å². The molecule has 0 unspecified atom stereocenters. The number of rotatable bonds is 16. The van der Waals surface area contributed by atoms with Crippen molar-refractivity contribution in [1.29, 1.82) is 0 Å². The lowest BCUT2D eigenvalue weighted by molar-refractivity contribution is -0.142. The standard InChI is InChI=1S/C27H39NO2/c1-2-30-27(29)23-25-18-20-26(21-19-25)28-22-14-9-7-5-3-4-6-8-11-15-24-16-12-10-13-17-24/h10,12-13,16-21,28H,2-9,11,14-15,22-23H2,1H3. The first kappa shape index (κ1) is 24.0. The number of benzene rings is 2. The molecule has 2 aromatic carbocycles. The van der Waals surface area contributed by atoms with Crippen LogP contribution in [0, 0.1) is 0 Å². The average Bonchev–Trinajstić information content (AvgIpc) is 2.76. The number of ether oxygens (including phenoxy) is 1. The third kappa shape index (κ3) is 11.0. The Kier molecular flexibility index (Phi) is 12.4. The number of unbranched alkanes of at least 4 members (excludes halogenated alkanes) is 8. The molecule has 0 heterocycles. The van der Waals surface area contributed by atoms with Gasteiger partial charge in [0.1, 0.15) is 0 Å². The topological polar surface area (TPSA) is 38.3 Å². The molecule has 2 aromatic rings. The smallest absolute Gasteiger partial charge is 0.310 e. The highest BCUT2D eigenvalue weighted by Crippen LogP contribution is 2.13. The van der Waals surface area contributed by atoms with Crippen molar-refractivity contribution in [2.45, 2.75) is 77.6 Å². The van der Waals surface area contributed by atoms with Crippen LogP contribution in [0.1, 0.15) is 75.8 Å². The lowest BCUT2D eigenvalue weighted by Crippen LogP contribution is -2.07. The molecule has 0 amide bonds. The molecule has 3 nitrogen and oxygen atoms in total. The van der Waals surface area contributed by atoms with Crippen LogP contribution in [0.15, 0.2) is 54.6 Å². The van der Waals surface area contributed by atoms with Crippen molar-refractivity contribution in [3.63, 3.8) is 0 Å². The van der Waals surface area contributed by atoms with Crippen LogP contribution >= 0.6 is 0 Å². The second kappa shape index (κ2) is 15.5. The maximum Gasteiger partial charge on any atom is 0.310 e. The molecule has 2 rings (SSSR count). The maximum absolute atomic E-state index is 11.5. The molecular formula is C27H39NO2. The molecular weight excluding hydrogens is 370 g/mol. The predicted molar refractivity (Wildman–Crippen MR) is 127 cm³/mol. The van der Waals surface area contributed by atoms with Gasteiger partial charge < -0.3 is 10.1 Å². The van der Waals surface area contributed by atoms with Crippen molar-refractivity contribution in [2.24, 2.45) is 0 Å². The number of anilines is 1. The number of carbonyl (C=O) groups is 1. The van der Waals surface area contributed by atoms with Crippen molar-refractivity contribution in [3.05, 3.63) is 65.7 Å². The summed E-state index contributed by atoms with van der Waals surface area (Å²) in [7, 11) is 0. The molecule has 0 aliphatic carbocycles. The minimum atomic E-state index is -0.162. The van der Waals surface area contributed by atoms with Gasteiger partial charge in [0.15, 0.2) is 0 Å². The summed E-state index contributed by atoms with van der Waals surface area (Å²) in [5.74, 6) is -0.162. The maximum atomic E-state index is 11.5. The van der Waals surface area contributed by atoms with E-state index in [-0.39, 0.29) is 5.97 Å². The molecule has 0 aliphatic rings. The van der Waals surface area contributed by atoms with E-state index in [1.54, 1.807) is 0 Å². The third-order valence-electron chi connectivity index (χ3n) is 5.42. The number of carbonyl (C=O) groups excluding carboxylic acids is 1. The van der Waals surface area contributed by atoms with Crippen molar-refractivity contribution in [2.75, 3.05) is 18.5 Å². The molecule has 164 valence electrons. The van der Waals surface area contributed by atoms with Gasteiger partial charge in [0, 0.05) is 12.2 Å². The monoisotopic (exact) mass is 409 g/mol. The zero-order chi connectivity index (χ0) is 21.3. The molecule has 0 fully saturated rings. The Morgan fingerprint density at radius 1 is 0.733 bits per heavy atom. The highest BCUT2D eigenvalue weighted by molar-refractivity contribution is 5.72. The van der Waals surface area contributed by atoms with Gasteiger partial charge in [0.25, 0.3) is 0 Å². The Hall–Kier alpha value is -2.29. The van der Waals surface area contributed by atoms with E-state index >= 15 is 0 Å². The van der Waals surface area contributed by atoms with Gasteiger partial charge in [0.2, 0.25) is 0 Å². The van der Waals surface area contributed by atoms with Gasteiger partial charge in [-0.1, -0.05) is 87.4 Å². The Morgan fingerprint density at radius 3 is 1.97 bits per heavy atom. The number of esters is 1. The van der Waals surface area contributed by atoms with E-state index in [4.69, 9.17) is 4.74 Å². The molecule has 1 N–H and O–H groups in total. The van der Waals surface area contributed by atoms with Crippen LogP contribution in [-0.2, 0) is 22.4 Å². The zero-order valence-corrected chi connectivity index (χ0v) is 18.7. The van der Waals surface area contributed by atoms with Crippen LogP contribution in [0.2, 0.25) is 0 Å². The highest BCUT2D eigenvalue weighted by Gasteiger charge is 2.03. The third-order valence-corrected chi connectivity index (χ3v) is 5.42. The van der Waals surface area contributed by atoms with Crippen LogP contribution in [0.3, 0.4) is 0 Å². The fourth-order valence-corrected chi connectivity index (χ4v) is 3.69. The molecule has 0 aromatic heterocycles. The number of nitrogens with one attached hydrogen (secondary N) is 1. The van der Waals surface area contributed by atoms with Crippen molar-refractivity contribution < 1.29 is 9.53 Å². The fraction of sp³-hybridized carbons (Fsp3) is 0.519. The number of hydrogen-bond acceptors (Lipinski definition) is 3. The SMILES string of the molecule is CCOC(=O)Cc1ccc(NCCCCCCCCCCCc2ccccc2)cc1. The average molecular weight is 410 g/mol. The summed E-state index contributed by atoms with van der Waals surface area (Å²) in [6.45, 7) is 3.28. The first-order valence-electron chi connectivity index (χ1n) is 11.8.